The number of fused-ring (bicyclic) bond motifs is 1. The van der Waals surface area contributed by atoms with Crippen molar-refractivity contribution in [1.29, 1.82) is 0 Å². The molecule has 1 N–H and O–H groups in total. The molecule has 1 fully saturated rings. The van der Waals surface area contributed by atoms with Gasteiger partial charge in [-0.3, -0.25) is 9.89 Å². The standard InChI is InChI=1S/C22H21N3O4/c26-22(25-7-9-27-10-8-25)16-3-1-15(2-4-16)18-14-19(24-23-18)17-5-6-20-21(13-17)29-12-11-28-20/h1-6,13-14H,7-12H2,(H,23,24). The second-order valence-electron chi connectivity index (χ2n) is 7.01. The van der Waals surface area contributed by atoms with Crippen LogP contribution in [0, 0.1) is 0 Å². The summed E-state index contributed by atoms with van der Waals surface area (Å²) in [5.41, 5.74) is 4.32. The Morgan fingerprint density at radius 3 is 2.38 bits per heavy atom. The predicted octanol–water partition coefficient (Wildman–Crippen LogP) is 2.99. The van der Waals surface area contributed by atoms with E-state index in [2.05, 4.69) is 10.2 Å². The maximum absolute atomic E-state index is 12.6. The Morgan fingerprint density at radius 2 is 1.59 bits per heavy atom. The second kappa shape index (κ2) is 7.60. The summed E-state index contributed by atoms with van der Waals surface area (Å²) < 4.78 is 16.5. The van der Waals surface area contributed by atoms with E-state index in [0.717, 1.165) is 34.0 Å². The third-order valence-electron chi connectivity index (χ3n) is 5.16. The summed E-state index contributed by atoms with van der Waals surface area (Å²) in [6, 6.07) is 15.4. The number of hydrogen-bond donors (Lipinski definition) is 1. The molecule has 3 aromatic rings. The van der Waals surface area contributed by atoms with Crippen molar-refractivity contribution in [3.05, 3.63) is 54.1 Å². The molecule has 0 saturated carbocycles. The van der Waals surface area contributed by atoms with Gasteiger partial charge in [0.2, 0.25) is 0 Å². The molecule has 0 bridgehead atoms. The van der Waals surface area contributed by atoms with Crippen molar-refractivity contribution in [3.8, 4) is 34.0 Å². The topological polar surface area (TPSA) is 76.7 Å². The smallest absolute Gasteiger partial charge is 0.254 e. The SMILES string of the molecule is O=C(c1ccc(-c2cc(-c3ccc4c(c3)OCCO4)n[nH]2)cc1)N1CCOCC1. The Kier molecular flexibility index (Phi) is 4.65. The van der Waals surface area contributed by atoms with Gasteiger partial charge in [-0.05, 0) is 42.0 Å². The zero-order valence-corrected chi connectivity index (χ0v) is 15.9. The summed E-state index contributed by atoms with van der Waals surface area (Å²) in [4.78, 5) is 14.4. The van der Waals surface area contributed by atoms with E-state index < -0.39 is 0 Å². The first-order valence-corrected chi connectivity index (χ1v) is 9.71. The molecule has 2 aliphatic rings. The van der Waals surface area contributed by atoms with E-state index in [1.807, 2.05) is 53.4 Å². The highest BCUT2D eigenvalue weighted by Gasteiger charge is 2.19. The fourth-order valence-electron chi connectivity index (χ4n) is 3.56. The maximum Gasteiger partial charge on any atom is 0.254 e. The van der Waals surface area contributed by atoms with Crippen LogP contribution in [0.2, 0.25) is 0 Å². The van der Waals surface area contributed by atoms with Crippen molar-refractivity contribution in [3.63, 3.8) is 0 Å². The van der Waals surface area contributed by atoms with Crippen molar-refractivity contribution < 1.29 is 19.0 Å². The monoisotopic (exact) mass is 391 g/mol. The van der Waals surface area contributed by atoms with Gasteiger partial charge < -0.3 is 19.1 Å². The molecule has 3 heterocycles. The summed E-state index contributed by atoms with van der Waals surface area (Å²) in [6.45, 7) is 3.60. The molecule has 7 heteroatoms. The molecule has 1 saturated heterocycles. The molecule has 0 spiro atoms. The van der Waals surface area contributed by atoms with Crippen molar-refractivity contribution in [2.24, 2.45) is 0 Å². The van der Waals surface area contributed by atoms with E-state index in [0.29, 0.717) is 45.1 Å². The number of amides is 1. The Morgan fingerprint density at radius 1 is 0.862 bits per heavy atom. The lowest BCUT2D eigenvalue weighted by molar-refractivity contribution is 0.0303. The van der Waals surface area contributed by atoms with Crippen LogP contribution in [0.15, 0.2) is 48.5 Å². The van der Waals surface area contributed by atoms with Gasteiger partial charge in [-0.2, -0.15) is 5.10 Å². The highest BCUT2D eigenvalue weighted by molar-refractivity contribution is 5.94. The lowest BCUT2D eigenvalue weighted by Crippen LogP contribution is -2.40. The number of carbonyl (C=O) groups excluding carboxylic acids is 1. The molecule has 2 aromatic carbocycles. The molecule has 7 nitrogen and oxygen atoms in total. The highest BCUT2D eigenvalue weighted by Crippen LogP contribution is 2.34. The molecule has 5 rings (SSSR count). The zero-order chi connectivity index (χ0) is 19.6. The fraction of sp³-hybridized carbons (Fsp3) is 0.273. The quantitative estimate of drug-likeness (QED) is 0.743. The summed E-state index contributed by atoms with van der Waals surface area (Å²) in [7, 11) is 0. The Bertz CT molecular complexity index is 1020. The lowest BCUT2D eigenvalue weighted by atomic mass is 10.1. The number of morpholine rings is 1. The van der Waals surface area contributed by atoms with Crippen molar-refractivity contribution in [2.75, 3.05) is 39.5 Å². The van der Waals surface area contributed by atoms with Gasteiger partial charge in [-0.15, -0.1) is 0 Å². The van der Waals surface area contributed by atoms with E-state index in [1.54, 1.807) is 0 Å². The van der Waals surface area contributed by atoms with E-state index >= 15 is 0 Å². The van der Waals surface area contributed by atoms with E-state index in [-0.39, 0.29) is 5.91 Å². The number of benzene rings is 2. The van der Waals surface area contributed by atoms with Crippen LogP contribution < -0.4 is 9.47 Å². The molecular weight excluding hydrogens is 370 g/mol. The summed E-state index contributed by atoms with van der Waals surface area (Å²) in [5.74, 6) is 1.54. The lowest BCUT2D eigenvalue weighted by Gasteiger charge is -2.26. The molecule has 1 amide bonds. The number of carbonyl (C=O) groups is 1. The van der Waals surface area contributed by atoms with E-state index in [4.69, 9.17) is 14.2 Å². The van der Waals surface area contributed by atoms with Crippen LogP contribution >= 0.6 is 0 Å². The van der Waals surface area contributed by atoms with E-state index in [1.165, 1.54) is 0 Å². The Hall–Kier alpha value is -3.32. The molecule has 0 radical (unpaired) electrons. The average Bonchev–Trinajstić information content (AvgIpc) is 3.29. The van der Waals surface area contributed by atoms with E-state index in [9.17, 15) is 4.79 Å². The van der Waals surface area contributed by atoms with Crippen molar-refractivity contribution >= 4 is 5.91 Å². The summed E-state index contributed by atoms with van der Waals surface area (Å²) in [6.07, 6.45) is 0. The van der Waals surface area contributed by atoms with Gasteiger partial charge >= 0.3 is 0 Å². The van der Waals surface area contributed by atoms with Gasteiger partial charge in [0.25, 0.3) is 5.91 Å². The number of rotatable bonds is 3. The van der Waals surface area contributed by atoms with Gasteiger partial charge in [0.15, 0.2) is 11.5 Å². The van der Waals surface area contributed by atoms with Gasteiger partial charge in [-0.1, -0.05) is 12.1 Å². The first-order chi connectivity index (χ1) is 14.3. The third-order valence-corrected chi connectivity index (χ3v) is 5.16. The van der Waals surface area contributed by atoms with Crippen molar-refractivity contribution in [2.45, 2.75) is 0 Å². The predicted molar refractivity (Wildman–Crippen MR) is 107 cm³/mol. The maximum atomic E-state index is 12.6. The van der Waals surface area contributed by atoms with Crippen LogP contribution in [0.4, 0.5) is 0 Å². The number of aromatic nitrogens is 2. The van der Waals surface area contributed by atoms with Crippen LogP contribution in [-0.2, 0) is 4.74 Å². The molecular formula is C22H21N3O4. The number of aromatic amines is 1. The molecule has 0 unspecified atom stereocenters. The van der Waals surface area contributed by atoms with Gasteiger partial charge in [-0.25, -0.2) is 0 Å². The van der Waals surface area contributed by atoms with Crippen LogP contribution in [0.1, 0.15) is 10.4 Å². The van der Waals surface area contributed by atoms with Crippen LogP contribution in [0.25, 0.3) is 22.5 Å². The highest BCUT2D eigenvalue weighted by atomic mass is 16.6. The average molecular weight is 391 g/mol. The summed E-state index contributed by atoms with van der Waals surface area (Å²) >= 11 is 0. The minimum atomic E-state index is 0.0430. The zero-order valence-electron chi connectivity index (χ0n) is 15.9. The number of nitrogens with one attached hydrogen (secondary N) is 1. The number of ether oxygens (including phenoxy) is 3. The number of H-pyrrole nitrogens is 1. The van der Waals surface area contributed by atoms with Gasteiger partial charge in [0.05, 0.1) is 24.6 Å². The molecule has 0 atom stereocenters. The molecule has 148 valence electrons. The summed E-state index contributed by atoms with van der Waals surface area (Å²) in [5, 5.41) is 7.51. The Balaban J connectivity index is 1.34. The minimum absolute atomic E-state index is 0.0430. The first-order valence-electron chi connectivity index (χ1n) is 9.71. The molecule has 2 aliphatic heterocycles. The minimum Gasteiger partial charge on any atom is -0.486 e. The molecule has 0 aliphatic carbocycles. The Labute approximate surface area is 168 Å². The molecule has 1 aromatic heterocycles. The van der Waals surface area contributed by atoms with Gasteiger partial charge in [0, 0.05) is 24.2 Å². The second-order valence-corrected chi connectivity index (χ2v) is 7.01. The first kappa shape index (κ1) is 17.8. The van der Waals surface area contributed by atoms with Crippen LogP contribution in [0.3, 0.4) is 0 Å². The normalized spacial score (nSPS) is 15.9. The fourth-order valence-corrected chi connectivity index (χ4v) is 3.56. The largest absolute Gasteiger partial charge is 0.486 e. The van der Waals surface area contributed by atoms with Gasteiger partial charge in [0.1, 0.15) is 13.2 Å². The molecule has 29 heavy (non-hydrogen) atoms. The van der Waals surface area contributed by atoms with Crippen LogP contribution in [-0.4, -0.2) is 60.5 Å². The number of nitrogens with zero attached hydrogens (tertiary/aromatic N) is 2. The van der Waals surface area contributed by atoms with Crippen molar-refractivity contribution in [1.82, 2.24) is 15.1 Å². The number of hydrogen-bond acceptors (Lipinski definition) is 5. The third kappa shape index (κ3) is 3.56. The van der Waals surface area contributed by atoms with Crippen LogP contribution in [0.5, 0.6) is 11.5 Å².